The fourth-order valence-electron chi connectivity index (χ4n) is 3.77. The summed E-state index contributed by atoms with van der Waals surface area (Å²) in [5, 5.41) is 16.6. The summed E-state index contributed by atoms with van der Waals surface area (Å²) in [5.41, 5.74) is 2.08. The third-order valence-electron chi connectivity index (χ3n) is 5.46. The third kappa shape index (κ3) is 4.47. The smallest absolute Gasteiger partial charge is 0.293 e. The molecular weight excluding hydrogens is 428 g/mol. The van der Waals surface area contributed by atoms with Crippen molar-refractivity contribution in [2.75, 3.05) is 36.4 Å². The Hall–Kier alpha value is -3.72. The minimum absolute atomic E-state index is 0.00556. The summed E-state index contributed by atoms with van der Waals surface area (Å²) in [6.45, 7) is 3.53. The average Bonchev–Trinajstić information content (AvgIpc) is 3.34. The predicted octanol–water partition coefficient (Wildman–Crippen LogP) is 4.24. The van der Waals surface area contributed by atoms with Gasteiger partial charge >= 0.3 is 0 Å². The molecule has 0 saturated carbocycles. The Morgan fingerprint density at radius 2 is 1.78 bits per heavy atom. The van der Waals surface area contributed by atoms with E-state index in [0.717, 1.165) is 10.4 Å². The molecule has 1 aliphatic heterocycles. The number of nitro benzene ring substituents is 1. The number of para-hydroxylation sites is 1. The van der Waals surface area contributed by atoms with Crippen LogP contribution in [0.25, 0.3) is 10.4 Å². The van der Waals surface area contributed by atoms with Crippen LogP contribution in [0.2, 0.25) is 0 Å². The van der Waals surface area contributed by atoms with Crippen LogP contribution in [0.5, 0.6) is 0 Å². The summed E-state index contributed by atoms with van der Waals surface area (Å²) in [7, 11) is 0. The molecule has 2 amide bonds. The highest BCUT2D eigenvalue weighted by Crippen LogP contribution is 2.33. The Kier molecular flexibility index (Phi) is 6.18. The van der Waals surface area contributed by atoms with Crippen LogP contribution in [0.3, 0.4) is 0 Å². The van der Waals surface area contributed by atoms with E-state index in [9.17, 15) is 19.7 Å². The number of benzene rings is 2. The van der Waals surface area contributed by atoms with Crippen LogP contribution in [0.4, 0.5) is 17.1 Å². The number of piperazine rings is 1. The van der Waals surface area contributed by atoms with Gasteiger partial charge in [0, 0.05) is 60.9 Å². The molecule has 0 radical (unpaired) electrons. The van der Waals surface area contributed by atoms with E-state index in [-0.39, 0.29) is 17.2 Å². The summed E-state index contributed by atoms with van der Waals surface area (Å²) in [6, 6.07) is 15.9. The van der Waals surface area contributed by atoms with Gasteiger partial charge in [-0.1, -0.05) is 24.3 Å². The van der Waals surface area contributed by atoms with E-state index in [4.69, 9.17) is 0 Å². The number of rotatable bonds is 5. The van der Waals surface area contributed by atoms with Gasteiger partial charge in [0.1, 0.15) is 5.69 Å². The molecule has 32 heavy (non-hydrogen) atoms. The average molecular weight is 451 g/mol. The molecule has 4 rings (SSSR count). The Labute approximate surface area is 189 Å². The van der Waals surface area contributed by atoms with Gasteiger partial charge in [0.05, 0.1) is 4.92 Å². The Morgan fingerprint density at radius 1 is 1.03 bits per heavy atom. The van der Waals surface area contributed by atoms with Crippen LogP contribution in [0.1, 0.15) is 17.3 Å². The quantitative estimate of drug-likeness (QED) is 0.463. The summed E-state index contributed by atoms with van der Waals surface area (Å²) in [4.78, 5) is 40.4. The largest absolute Gasteiger partial charge is 0.362 e. The Balaban J connectivity index is 1.57. The maximum atomic E-state index is 12.9. The van der Waals surface area contributed by atoms with Crippen molar-refractivity contribution in [3.63, 3.8) is 0 Å². The second-order valence-electron chi connectivity index (χ2n) is 7.43. The predicted molar refractivity (Wildman–Crippen MR) is 125 cm³/mol. The van der Waals surface area contributed by atoms with Crippen molar-refractivity contribution in [3.05, 3.63) is 75.7 Å². The van der Waals surface area contributed by atoms with Crippen LogP contribution in [-0.2, 0) is 4.79 Å². The Bertz CT molecular complexity index is 1150. The second kappa shape index (κ2) is 9.19. The van der Waals surface area contributed by atoms with E-state index in [1.807, 2.05) is 46.7 Å². The number of thiophene rings is 1. The maximum absolute atomic E-state index is 12.9. The van der Waals surface area contributed by atoms with Crippen molar-refractivity contribution in [2.45, 2.75) is 6.92 Å². The molecule has 1 fully saturated rings. The number of amides is 2. The van der Waals surface area contributed by atoms with Crippen molar-refractivity contribution < 1.29 is 14.5 Å². The van der Waals surface area contributed by atoms with Gasteiger partial charge in [-0.2, -0.15) is 0 Å². The molecule has 0 spiro atoms. The fourth-order valence-corrected chi connectivity index (χ4v) is 4.54. The third-order valence-corrected chi connectivity index (χ3v) is 6.37. The van der Waals surface area contributed by atoms with Gasteiger partial charge < -0.3 is 15.1 Å². The molecule has 0 atom stereocenters. The van der Waals surface area contributed by atoms with Gasteiger partial charge in [-0.05, 0) is 29.6 Å². The maximum Gasteiger partial charge on any atom is 0.293 e. The topological polar surface area (TPSA) is 95.8 Å². The SMILES string of the molecule is CC(=O)N1CCN(c2ccc(C(=O)Nc3ccccc3-c3cccs3)cc2[N+](=O)[O-])CC1. The molecule has 0 bridgehead atoms. The lowest BCUT2D eigenvalue weighted by atomic mass is 10.1. The highest BCUT2D eigenvalue weighted by atomic mass is 32.1. The van der Waals surface area contributed by atoms with Gasteiger partial charge in [0.15, 0.2) is 0 Å². The van der Waals surface area contributed by atoms with Gasteiger partial charge in [0.25, 0.3) is 11.6 Å². The van der Waals surface area contributed by atoms with E-state index in [0.29, 0.717) is 37.6 Å². The molecule has 1 N–H and O–H groups in total. The number of carbonyl (C=O) groups excluding carboxylic acids is 2. The van der Waals surface area contributed by atoms with Crippen molar-refractivity contribution in [1.82, 2.24) is 4.90 Å². The first kappa shape index (κ1) is 21.5. The zero-order valence-electron chi connectivity index (χ0n) is 17.5. The summed E-state index contributed by atoms with van der Waals surface area (Å²) in [6.07, 6.45) is 0. The minimum Gasteiger partial charge on any atom is -0.362 e. The van der Waals surface area contributed by atoms with Crippen LogP contribution in [0.15, 0.2) is 60.0 Å². The first-order valence-electron chi connectivity index (χ1n) is 10.2. The lowest BCUT2D eigenvalue weighted by Crippen LogP contribution is -2.48. The molecule has 2 aromatic carbocycles. The zero-order chi connectivity index (χ0) is 22.7. The highest BCUT2D eigenvalue weighted by Gasteiger charge is 2.26. The number of nitrogens with zero attached hydrogens (tertiary/aromatic N) is 3. The van der Waals surface area contributed by atoms with Gasteiger partial charge in [-0.3, -0.25) is 19.7 Å². The minimum atomic E-state index is -0.469. The number of carbonyl (C=O) groups is 2. The van der Waals surface area contributed by atoms with Crippen LogP contribution < -0.4 is 10.2 Å². The van der Waals surface area contributed by atoms with Crippen LogP contribution >= 0.6 is 11.3 Å². The summed E-state index contributed by atoms with van der Waals surface area (Å²) in [5.74, 6) is -0.418. The van der Waals surface area contributed by atoms with Crippen LogP contribution in [0, 0.1) is 10.1 Å². The molecule has 3 aromatic rings. The molecule has 164 valence electrons. The summed E-state index contributed by atoms with van der Waals surface area (Å²) < 4.78 is 0. The fraction of sp³-hybridized carbons (Fsp3) is 0.217. The molecule has 8 nitrogen and oxygen atoms in total. The molecule has 0 aliphatic carbocycles. The standard InChI is InChI=1S/C23H22N4O4S/c1-16(28)25-10-12-26(13-11-25)20-9-8-17(15-21(20)27(30)31)23(29)24-19-6-3-2-5-18(19)22-7-4-14-32-22/h2-9,14-15H,10-13H2,1H3,(H,24,29). The van der Waals surface area contributed by atoms with E-state index in [1.54, 1.807) is 28.4 Å². The Morgan fingerprint density at radius 3 is 2.44 bits per heavy atom. The van der Waals surface area contributed by atoms with Crippen molar-refractivity contribution in [2.24, 2.45) is 0 Å². The van der Waals surface area contributed by atoms with Gasteiger partial charge in [0.2, 0.25) is 5.91 Å². The summed E-state index contributed by atoms with van der Waals surface area (Å²) >= 11 is 1.57. The van der Waals surface area contributed by atoms with Gasteiger partial charge in [-0.15, -0.1) is 11.3 Å². The van der Waals surface area contributed by atoms with Crippen molar-refractivity contribution in [1.29, 1.82) is 0 Å². The van der Waals surface area contributed by atoms with E-state index < -0.39 is 10.8 Å². The molecule has 2 heterocycles. The lowest BCUT2D eigenvalue weighted by Gasteiger charge is -2.35. The monoisotopic (exact) mass is 450 g/mol. The van der Waals surface area contributed by atoms with Crippen molar-refractivity contribution >= 4 is 40.2 Å². The molecule has 1 aliphatic rings. The highest BCUT2D eigenvalue weighted by molar-refractivity contribution is 7.13. The number of nitro groups is 1. The number of anilines is 2. The van der Waals surface area contributed by atoms with E-state index >= 15 is 0 Å². The number of nitrogens with one attached hydrogen (secondary N) is 1. The molecular formula is C23H22N4O4S. The number of hydrogen-bond donors (Lipinski definition) is 1. The van der Waals surface area contributed by atoms with Crippen molar-refractivity contribution in [3.8, 4) is 10.4 Å². The normalized spacial score (nSPS) is 13.7. The van der Waals surface area contributed by atoms with E-state index in [1.165, 1.54) is 13.0 Å². The molecule has 9 heteroatoms. The van der Waals surface area contributed by atoms with Crippen LogP contribution in [-0.4, -0.2) is 47.8 Å². The first-order chi connectivity index (χ1) is 15.4. The molecule has 1 saturated heterocycles. The molecule has 0 unspecified atom stereocenters. The molecule has 1 aromatic heterocycles. The zero-order valence-corrected chi connectivity index (χ0v) is 18.3. The second-order valence-corrected chi connectivity index (χ2v) is 8.38. The van der Waals surface area contributed by atoms with Gasteiger partial charge in [-0.25, -0.2) is 0 Å². The first-order valence-corrected chi connectivity index (χ1v) is 11.0. The number of hydrogen-bond acceptors (Lipinski definition) is 6. The van der Waals surface area contributed by atoms with E-state index in [2.05, 4.69) is 5.32 Å². The lowest BCUT2D eigenvalue weighted by molar-refractivity contribution is -0.384.